The van der Waals surface area contributed by atoms with E-state index < -0.39 is 0 Å². The SMILES string of the molecule is COc1cc(NC(=O)c2ccc(N3CCNC3=O)c(C)c2)cc(OC)c1. The third-order valence-corrected chi connectivity index (χ3v) is 4.22. The van der Waals surface area contributed by atoms with Gasteiger partial charge in [0.25, 0.3) is 5.91 Å². The van der Waals surface area contributed by atoms with Gasteiger partial charge in [0.05, 0.1) is 14.2 Å². The number of anilines is 2. The number of nitrogens with one attached hydrogen (secondary N) is 2. The third kappa shape index (κ3) is 3.56. The van der Waals surface area contributed by atoms with Gasteiger partial charge in [-0.05, 0) is 30.7 Å². The minimum atomic E-state index is -0.249. The highest BCUT2D eigenvalue weighted by atomic mass is 16.5. The predicted octanol–water partition coefficient (Wildman–Crippen LogP) is 2.79. The van der Waals surface area contributed by atoms with Gasteiger partial charge in [0.2, 0.25) is 0 Å². The van der Waals surface area contributed by atoms with E-state index in [1.807, 2.05) is 6.92 Å². The maximum absolute atomic E-state index is 12.6. The van der Waals surface area contributed by atoms with Crippen molar-refractivity contribution in [1.29, 1.82) is 0 Å². The number of carbonyl (C=O) groups excluding carboxylic acids is 2. The Hall–Kier alpha value is -3.22. The first-order valence-corrected chi connectivity index (χ1v) is 8.22. The molecule has 0 spiro atoms. The Labute approximate surface area is 151 Å². The molecule has 0 radical (unpaired) electrons. The minimum absolute atomic E-state index is 0.117. The molecule has 2 aromatic carbocycles. The van der Waals surface area contributed by atoms with E-state index >= 15 is 0 Å². The van der Waals surface area contributed by atoms with Gasteiger partial charge in [-0.1, -0.05) is 0 Å². The molecule has 2 N–H and O–H groups in total. The summed E-state index contributed by atoms with van der Waals surface area (Å²) in [5, 5.41) is 5.61. The smallest absolute Gasteiger partial charge is 0.322 e. The highest BCUT2D eigenvalue weighted by Crippen LogP contribution is 2.27. The second-order valence-corrected chi connectivity index (χ2v) is 5.94. The summed E-state index contributed by atoms with van der Waals surface area (Å²) in [7, 11) is 3.11. The topological polar surface area (TPSA) is 79.9 Å². The highest BCUT2D eigenvalue weighted by molar-refractivity contribution is 6.05. The number of amides is 3. The Morgan fingerprint density at radius 3 is 2.35 bits per heavy atom. The summed E-state index contributed by atoms with van der Waals surface area (Å²) < 4.78 is 10.4. The lowest BCUT2D eigenvalue weighted by molar-refractivity contribution is 0.102. The molecule has 1 saturated heterocycles. The van der Waals surface area contributed by atoms with E-state index in [-0.39, 0.29) is 11.9 Å². The summed E-state index contributed by atoms with van der Waals surface area (Å²) in [6.07, 6.45) is 0. The number of benzene rings is 2. The number of hydrogen-bond donors (Lipinski definition) is 2. The van der Waals surface area contributed by atoms with Gasteiger partial charge in [-0.2, -0.15) is 0 Å². The fraction of sp³-hybridized carbons (Fsp3) is 0.263. The molecule has 0 atom stereocenters. The molecule has 0 aromatic heterocycles. The lowest BCUT2D eigenvalue weighted by Crippen LogP contribution is -2.28. The van der Waals surface area contributed by atoms with Gasteiger partial charge in [-0.3, -0.25) is 9.69 Å². The maximum atomic E-state index is 12.6. The van der Waals surface area contributed by atoms with Crippen molar-refractivity contribution in [2.24, 2.45) is 0 Å². The second kappa shape index (κ2) is 7.35. The van der Waals surface area contributed by atoms with Crippen LogP contribution in [0.5, 0.6) is 11.5 Å². The number of methoxy groups -OCH3 is 2. The highest BCUT2D eigenvalue weighted by Gasteiger charge is 2.23. The van der Waals surface area contributed by atoms with Gasteiger partial charge in [0.1, 0.15) is 11.5 Å². The zero-order valence-corrected chi connectivity index (χ0v) is 15.0. The monoisotopic (exact) mass is 355 g/mol. The largest absolute Gasteiger partial charge is 0.497 e. The van der Waals surface area contributed by atoms with Crippen LogP contribution in [0.3, 0.4) is 0 Å². The number of nitrogens with zero attached hydrogens (tertiary/aromatic N) is 1. The number of hydrogen-bond acceptors (Lipinski definition) is 4. The fourth-order valence-corrected chi connectivity index (χ4v) is 2.88. The minimum Gasteiger partial charge on any atom is -0.497 e. The molecule has 1 aliphatic heterocycles. The van der Waals surface area contributed by atoms with Crippen molar-refractivity contribution in [3.05, 3.63) is 47.5 Å². The van der Waals surface area contributed by atoms with Crippen LogP contribution in [-0.2, 0) is 0 Å². The molecule has 1 heterocycles. The van der Waals surface area contributed by atoms with Gasteiger partial charge in [0, 0.05) is 48.2 Å². The van der Waals surface area contributed by atoms with Gasteiger partial charge >= 0.3 is 6.03 Å². The Morgan fingerprint density at radius 1 is 1.12 bits per heavy atom. The molecular weight excluding hydrogens is 334 g/mol. The fourth-order valence-electron chi connectivity index (χ4n) is 2.88. The van der Waals surface area contributed by atoms with E-state index in [2.05, 4.69) is 10.6 Å². The Morgan fingerprint density at radius 2 is 1.81 bits per heavy atom. The summed E-state index contributed by atoms with van der Waals surface area (Å²) >= 11 is 0. The van der Waals surface area contributed by atoms with E-state index in [1.165, 1.54) is 0 Å². The van der Waals surface area contributed by atoms with Gasteiger partial charge in [-0.25, -0.2) is 4.79 Å². The number of urea groups is 1. The Balaban J connectivity index is 1.80. The molecule has 26 heavy (non-hydrogen) atoms. The number of rotatable bonds is 5. The molecule has 3 rings (SSSR count). The molecule has 1 aliphatic rings. The van der Waals surface area contributed by atoms with Crippen LogP contribution in [-0.4, -0.2) is 39.2 Å². The zero-order chi connectivity index (χ0) is 18.7. The molecule has 1 fully saturated rings. The standard InChI is InChI=1S/C19H21N3O4/c1-12-8-13(4-5-17(12)22-7-6-20-19(22)24)18(23)21-14-9-15(25-2)11-16(10-14)26-3/h4-5,8-11H,6-7H2,1-3H3,(H,20,24)(H,21,23). The van der Waals surface area contributed by atoms with Crippen molar-refractivity contribution >= 4 is 23.3 Å². The normalized spacial score (nSPS) is 13.3. The van der Waals surface area contributed by atoms with Gasteiger partial charge in [-0.15, -0.1) is 0 Å². The van der Waals surface area contributed by atoms with Crippen LogP contribution < -0.4 is 25.0 Å². The molecule has 3 amide bonds. The van der Waals surface area contributed by atoms with Gasteiger partial charge in [0.15, 0.2) is 0 Å². The lowest BCUT2D eigenvalue weighted by Gasteiger charge is -2.17. The predicted molar refractivity (Wildman–Crippen MR) is 99.4 cm³/mol. The number of aryl methyl sites for hydroxylation is 1. The van der Waals surface area contributed by atoms with Crippen molar-refractivity contribution in [2.75, 3.05) is 37.5 Å². The van der Waals surface area contributed by atoms with Gasteiger partial charge < -0.3 is 20.1 Å². The van der Waals surface area contributed by atoms with Crippen molar-refractivity contribution in [1.82, 2.24) is 5.32 Å². The summed E-state index contributed by atoms with van der Waals surface area (Å²) in [5.74, 6) is 0.929. The first kappa shape index (κ1) is 17.6. The Bertz CT molecular complexity index is 828. The zero-order valence-electron chi connectivity index (χ0n) is 15.0. The maximum Gasteiger partial charge on any atom is 0.322 e. The average Bonchev–Trinajstić information content (AvgIpc) is 3.06. The Kier molecular flexibility index (Phi) is 4.97. The van der Waals surface area contributed by atoms with Crippen molar-refractivity contribution in [3.63, 3.8) is 0 Å². The van der Waals surface area contributed by atoms with E-state index in [0.717, 1.165) is 11.3 Å². The van der Waals surface area contributed by atoms with E-state index in [0.29, 0.717) is 35.8 Å². The molecule has 136 valence electrons. The molecule has 7 heteroatoms. The summed E-state index contributed by atoms with van der Waals surface area (Å²) in [5.41, 5.74) is 2.75. The van der Waals surface area contributed by atoms with Crippen LogP contribution in [0.4, 0.5) is 16.2 Å². The first-order chi connectivity index (χ1) is 12.5. The summed E-state index contributed by atoms with van der Waals surface area (Å²) in [6, 6.07) is 10.3. The number of carbonyl (C=O) groups is 2. The third-order valence-electron chi connectivity index (χ3n) is 4.22. The lowest BCUT2D eigenvalue weighted by atomic mass is 10.1. The molecule has 0 aliphatic carbocycles. The number of ether oxygens (including phenoxy) is 2. The van der Waals surface area contributed by atoms with Crippen LogP contribution in [0.15, 0.2) is 36.4 Å². The molecule has 0 unspecified atom stereocenters. The summed E-state index contributed by atoms with van der Waals surface area (Å²) in [6.45, 7) is 3.12. The first-order valence-electron chi connectivity index (χ1n) is 8.22. The average molecular weight is 355 g/mol. The van der Waals surface area contributed by atoms with Crippen molar-refractivity contribution < 1.29 is 19.1 Å². The van der Waals surface area contributed by atoms with Crippen LogP contribution in [0.25, 0.3) is 0 Å². The van der Waals surface area contributed by atoms with E-state index in [9.17, 15) is 9.59 Å². The summed E-state index contributed by atoms with van der Waals surface area (Å²) in [4.78, 5) is 26.1. The molecule has 0 bridgehead atoms. The van der Waals surface area contributed by atoms with Crippen LogP contribution in [0.2, 0.25) is 0 Å². The van der Waals surface area contributed by atoms with E-state index in [4.69, 9.17) is 9.47 Å². The van der Waals surface area contributed by atoms with Crippen LogP contribution >= 0.6 is 0 Å². The van der Waals surface area contributed by atoms with E-state index in [1.54, 1.807) is 55.5 Å². The van der Waals surface area contributed by atoms with Crippen molar-refractivity contribution in [2.45, 2.75) is 6.92 Å². The quantitative estimate of drug-likeness (QED) is 0.864. The second-order valence-electron chi connectivity index (χ2n) is 5.94. The molecule has 2 aromatic rings. The van der Waals surface area contributed by atoms with Crippen LogP contribution in [0.1, 0.15) is 15.9 Å². The van der Waals surface area contributed by atoms with Crippen molar-refractivity contribution in [3.8, 4) is 11.5 Å². The molecular formula is C19H21N3O4. The van der Waals surface area contributed by atoms with Crippen LogP contribution in [0, 0.1) is 6.92 Å². The molecule has 7 nitrogen and oxygen atoms in total. The molecule has 0 saturated carbocycles.